The smallest absolute Gasteiger partial charge is 0.254 e. The van der Waals surface area contributed by atoms with E-state index >= 15 is 0 Å². The van der Waals surface area contributed by atoms with Crippen LogP contribution in [0.2, 0.25) is 10.0 Å². The summed E-state index contributed by atoms with van der Waals surface area (Å²) in [5.74, 6) is 1.29. The van der Waals surface area contributed by atoms with Crippen LogP contribution in [0.3, 0.4) is 0 Å². The summed E-state index contributed by atoms with van der Waals surface area (Å²) in [7, 11) is -3.87. The number of rotatable bonds is 6. The van der Waals surface area contributed by atoms with E-state index in [0.717, 1.165) is 43.5 Å². The predicted molar refractivity (Wildman–Crippen MR) is 162 cm³/mol. The minimum Gasteiger partial charge on any atom is -0.254 e. The Morgan fingerprint density at radius 1 is 0.767 bits per heavy atom. The average molecular weight is 653 g/mol. The van der Waals surface area contributed by atoms with E-state index in [1.807, 2.05) is 24.3 Å². The van der Waals surface area contributed by atoms with E-state index in [-0.39, 0.29) is 22.8 Å². The number of hydrogen-bond acceptors (Lipinski definition) is 4. The molecular weight excluding hydrogens is 618 g/mol. The second-order valence-corrected chi connectivity index (χ2v) is 14.8. The van der Waals surface area contributed by atoms with Gasteiger partial charge in [-0.1, -0.05) is 47.5 Å². The largest absolute Gasteiger partial charge is 0.416 e. The van der Waals surface area contributed by atoms with Crippen molar-refractivity contribution in [2.45, 2.75) is 61.2 Å². The first kappa shape index (κ1) is 30.9. The summed E-state index contributed by atoms with van der Waals surface area (Å²) in [6, 6.07) is 20.6. The summed E-state index contributed by atoms with van der Waals surface area (Å²) < 4.78 is 66.8. The molecule has 3 aromatic carbocycles. The molecule has 5 nitrogen and oxygen atoms in total. The predicted octanol–water partition coefficient (Wildman–Crippen LogP) is 7.51. The van der Waals surface area contributed by atoms with Crippen LogP contribution in [-0.4, -0.2) is 37.9 Å². The molecule has 1 saturated carbocycles. The normalized spacial score (nSPS) is 25.6. The van der Waals surface area contributed by atoms with E-state index in [4.69, 9.17) is 23.2 Å². The maximum Gasteiger partial charge on any atom is 0.416 e. The molecule has 2 saturated heterocycles. The molecule has 4 atom stereocenters. The van der Waals surface area contributed by atoms with Crippen LogP contribution < -0.4 is 10.9 Å². The van der Waals surface area contributed by atoms with Gasteiger partial charge in [0.2, 0.25) is 10.0 Å². The van der Waals surface area contributed by atoms with Crippen LogP contribution >= 0.6 is 23.2 Å². The van der Waals surface area contributed by atoms with Gasteiger partial charge < -0.3 is 0 Å². The fourth-order valence-corrected chi connectivity index (χ4v) is 9.13. The van der Waals surface area contributed by atoms with Crippen molar-refractivity contribution in [1.29, 1.82) is 0 Å². The SMILES string of the molecule is O=S(=O)(c1ccc(C(F)(F)F)cc1)N1CCC(C2NNC3CCC(C(c4ccc(Cl)cc4)c4ccc(Cl)cc4)CC32)CC1. The van der Waals surface area contributed by atoms with E-state index in [1.165, 1.54) is 15.4 Å². The Balaban J connectivity index is 1.15. The number of nitrogens with zero attached hydrogens (tertiary/aromatic N) is 1. The lowest BCUT2D eigenvalue weighted by atomic mass is 9.66. The Labute approximate surface area is 260 Å². The Morgan fingerprint density at radius 2 is 1.33 bits per heavy atom. The maximum atomic E-state index is 13.2. The highest BCUT2D eigenvalue weighted by molar-refractivity contribution is 7.89. The van der Waals surface area contributed by atoms with Gasteiger partial charge in [0.1, 0.15) is 0 Å². The molecule has 0 bridgehead atoms. The van der Waals surface area contributed by atoms with Gasteiger partial charge in [-0.25, -0.2) is 8.42 Å². The van der Waals surface area contributed by atoms with Gasteiger partial charge in [0, 0.05) is 41.1 Å². The highest BCUT2D eigenvalue weighted by atomic mass is 35.5. The molecule has 0 spiro atoms. The lowest BCUT2D eigenvalue weighted by molar-refractivity contribution is -0.137. The molecule has 1 aliphatic carbocycles. The molecule has 3 aromatic rings. The third kappa shape index (κ3) is 6.49. The van der Waals surface area contributed by atoms with Crippen LogP contribution in [0.4, 0.5) is 13.2 Å². The molecule has 230 valence electrons. The summed E-state index contributed by atoms with van der Waals surface area (Å²) in [4.78, 5) is -0.106. The molecule has 6 rings (SSSR count). The van der Waals surface area contributed by atoms with E-state index in [9.17, 15) is 21.6 Å². The van der Waals surface area contributed by atoms with Gasteiger partial charge in [-0.05, 0) is 110 Å². The van der Waals surface area contributed by atoms with E-state index < -0.39 is 21.8 Å². The van der Waals surface area contributed by atoms with Crippen molar-refractivity contribution in [3.8, 4) is 0 Å². The molecule has 2 aliphatic heterocycles. The van der Waals surface area contributed by atoms with Crippen molar-refractivity contribution < 1.29 is 21.6 Å². The Morgan fingerprint density at radius 3 is 1.86 bits per heavy atom. The van der Waals surface area contributed by atoms with Gasteiger partial charge in [0.25, 0.3) is 0 Å². The molecule has 43 heavy (non-hydrogen) atoms. The monoisotopic (exact) mass is 651 g/mol. The van der Waals surface area contributed by atoms with Crippen molar-refractivity contribution in [2.24, 2.45) is 17.8 Å². The third-order valence-corrected chi connectivity index (χ3v) is 12.0. The van der Waals surface area contributed by atoms with Crippen LogP contribution in [0.25, 0.3) is 0 Å². The van der Waals surface area contributed by atoms with Gasteiger partial charge in [0.15, 0.2) is 0 Å². The molecule has 0 amide bonds. The first-order valence-corrected chi connectivity index (χ1v) is 16.9. The fraction of sp³-hybridized carbons (Fsp3) is 0.438. The maximum absolute atomic E-state index is 13.2. The number of benzene rings is 3. The standard InChI is InChI=1S/C32H34Cl2F3N3O2S/c33-25-8-1-20(2-9-25)30(21-3-10-26(34)11-4-21)23-5-14-29-28(19-23)31(39-38-29)22-15-17-40(18-16-22)43(41,42)27-12-6-24(7-13-27)32(35,36)37/h1-4,6-13,22-23,28-31,38-39H,5,14-19H2. The highest BCUT2D eigenvalue weighted by Gasteiger charge is 2.46. The zero-order valence-electron chi connectivity index (χ0n) is 23.4. The van der Waals surface area contributed by atoms with E-state index in [1.54, 1.807) is 0 Å². The summed E-state index contributed by atoms with van der Waals surface area (Å²) in [5.41, 5.74) is 8.70. The minimum absolute atomic E-state index is 0.106. The summed E-state index contributed by atoms with van der Waals surface area (Å²) in [6.45, 7) is 0.677. The van der Waals surface area contributed by atoms with Gasteiger partial charge in [0.05, 0.1) is 10.5 Å². The number of hydrogen-bond donors (Lipinski definition) is 2. The number of halogens is 5. The quantitative estimate of drug-likeness (QED) is 0.290. The number of piperidine rings is 1. The third-order valence-electron chi connectivity index (χ3n) is 9.59. The van der Waals surface area contributed by atoms with Crippen LogP contribution in [-0.2, 0) is 16.2 Å². The minimum atomic E-state index is -4.51. The van der Waals surface area contributed by atoms with Crippen LogP contribution in [0.1, 0.15) is 54.7 Å². The molecule has 4 unspecified atom stereocenters. The number of fused-ring (bicyclic) bond motifs is 1. The summed E-state index contributed by atoms with van der Waals surface area (Å²) >= 11 is 12.5. The lowest BCUT2D eigenvalue weighted by Crippen LogP contribution is -2.46. The molecular formula is C32H34Cl2F3N3O2S. The first-order chi connectivity index (χ1) is 20.5. The number of hydrazine groups is 1. The van der Waals surface area contributed by atoms with E-state index in [2.05, 4.69) is 35.1 Å². The number of sulfonamides is 1. The first-order valence-electron chi connectivity index (χ1n) is 14.7. The van der Waals surface area contributed by atoms with Gasteiger partial charge >= 0.3 is 6.18 Å². The summed E-state index contributed by atoms with van der Waals surface area (Å²) in [6.07, 6.45) is -0.00629. The Hall–Kier alpha value is -2.14. The molecule has 3 aliphatic rings. The average Bonchev–Trinajstić information content (AvgIpc) is 3.42. The zero-order chi connectivity index (χ0) is 30.4. The van der Waals surface area contributed by atoms with Crippen LogP contribution in [0.5, 0.6) is 0 Å². The second kappa shape index (κ2) is 12.3. The van der Waals surface area contributed by atoms with Crippen molar-refractivity contribution in [1.82, 2.24) is 15.2 Å². The Bertz CT molecular complexity index is 1470. The summed E-state index contributed by atoms with van der Waals surface area (Å²) in [5, 5.41) is 1.41. The molecule has 11 heteroatoms. The second-order valence-electron chi connectivity index (χ2n) is 12.0. The van der Waals surface area contributed by atoms with Crippen LogP contribution in [0, 0.1) is 17.8 Å². The molecule has 2 N–H and O–H groups in total. The van der Waals surface area contributed by atoms with Crippen molar-refractivity contribution >= 4 is 33.2 Å². The highest BCUT2D eigenvalue weighted by Crippen LogP contribution is 2.46. The molecule has 2 heterocycles. The fourth-order valence-electron chi connectivity index (χ4n) is 7.41. The van der Waals surface area contributed by atoms with Crippen LogP contribution in [0.15, 0.2) is 77.7 Å². The van der Waals surface area contributed by atoms with Crippen molar-refractivity contribution in [2.75, 3.05) is 13.1 Å². The Kier molecular flexibility index (Phi) is 8.85. The topological polar surface area (TPSA) is 61.4 Å². The number of nitrogens with one attached hydrogen (secondary N) is 2. The molecule has 0 radical (unpaired) electrons. The van der Waals surface area contributed by atoms with Gasteiger partial charge in [-0.2, -0.15) is 17.5 Å². The number of alkyl halides is 3. The van der Waals surface area contributed by atoms with E-state index in [0.29, 0.717) is 53.9 Å². The van der Waals surface area contributed by atoms with Gasteiger partial charge in [-0.15, -0.1) is 0 Å². The van der Waals surface area contributed by atoms with Crippen molar-refractivity contribution in [3.05, 3.63) is 99.5 Å². The van der Waals surface area contributed by atoms with Crippen molar-refractivity contribution in [3.63, 3.8) is 0 Å². The molecule has 3 fully saturated rings. The molecule has 0 aromatic heterocycles. The zero-order valence-corrected chi connectivity index (χ0v) is 25.7. The van der Waals surface area contributed by atoms with Gasteiger partial charge in [-0.3, -0.25) is 10.9 Å². The lowest BCUT2D eigenvalue weighted by Gasteiger charge is -2.41.